The van der Waals surface area contributed by atoms with E-state index in [2.05, 4.69) is 20.5 Å². The second-order valence-electron chi connectivity index (χ2n) is 9.42. The van der Waals surface area contributed by atoms with Crippen molar-refractivity contribution in [1.82, 2.24) is 20.5 Å². The molecule has 1 aliphatic heterocycles. The molecule has 3 aromatic rings. The van der Waals surface area contributed by atoms with Crippen LogP contribution in [-0.2, 0) is 16.0 Å². The number of aromatic nitrogens is 1. The Kier molecular flexibility index (Phi) is 8.55. The summed E-state index contributed by atoms with van der Waals surface area (Å²) in [6, 6.07) is 12.0. The van der Waals surface area contributed by atoms with E-state index in [-0.39, 0.29) is 29.6 Å². The summed E-state index contributed by atoms with van der Waals surface area (Å²) in [5.41, 5.74) is 3.65. The number of halogens is 1. The molecule has 1 aliphatic rings. The lowest BCUT2D eigenvalue weighted by atomic mass is 9.92. The summed E-state index contributed by atoms with van der Waals surface area (Å²) in [5, 5.41) is 17.3. The molecule has 0 saturated carbocycles. The monoisotopic (exact) mass is 507 g/mol. The van der Waals surface area contributed by atoms with Crippen LogP contribution >= 0.6 is 0 Å². The highest BCUT2D eigenvalue weighted by Gasteiger charge is 2.33. The van der Waals surface area contributed by atoms with Gasteiger partial charge in [0.05, 0.1) is 5.92 Å². The number of aromatic hydroxyl groups is 1. The molecule has 1 aromatic heterocycles. The second kappa shape index (κ2) is 12.0. The minimum atomic E-state index is -0.382. The molecule has 196 valence electrons. The Hall–Kier alpha value is -3.72. The molecule has 2 atom stereocenters. The molecule has 0 spiro atoms. The summed E-state index contributed by atoms with van der Waals surface area (Å²) >= 11 is 0. The van der Waals surface area contributed by atoms with E-state index in [9.17, 15) is 19.1 Å². The number of carbonyl (C=O) groups is 2. The number of carbonyl (C=O) groups excluding carboxylic acids is 2. The van der Waals surface area contributed by atoms with E-state index < -0.39 is 0 Å². The smallest absolute Gasteiger partial charge is 0.228 e. The molecule has 2 aromatic carbocycles. The average molecular weight is 508 g/mol. The number of hydrogen-bond donors (Lipinski definition) is 4. The summed E-state index contributed by atoms with van der Waals surface area (Å²) in [5.74, 6) is -0.756. The molecule has 0 aliphatic carbocycles. The molecule has 37 heavy (non-hydrogen) atoms. The zero-order chi connectivity index (χ0) is 26.4. The number of nitrogens with zero attached hydrogens (tertiary/aromatic N) is 2. The van der Waals surface area contributed by atoms with Crippen LogP contribution in [0.5, 0.6) is 5.88 Å². The number of nitrogens with one attached hydrogen (secondary N) is 3. The minimum Gasteiger partial charge on any atom is -0.494 e. The third-order valence-electron chi connectivity index (χ3n) is 6.91. The Morgan fingerprint density at radius 3 is 2.78 bits per heavy atom. The van der Waals surface area contributed by atoms with Gasteiger partial charge in [-0.1, -0.05) is 31.2 Å². The molecule has 8 nitrogen and oxygen atoms in total. The van der Waals surface area contributed by atoms with Crippen LogP contribution in [0, 0.1) is 11.7 Å². The van der Waals surface area contributed by atoms with Crippen molar-refractivity contribution in [2.75, 3.05) is 32.7 Å². The van der Waals surface area contributed by atoms with Crippen molar-refractivity contribution in [3.8, 4) is 17.0 Å². The number of likely N-dealkylation sites (N-methyl/N-ethyl adjacent to an activating group) is 1. The van der Waals surface area contributed by atoms with E-state index in [0.29, 0.717) is 56.6 Å². The van der Waals surface area contributed by atoms with Gasteiger partial charge in [-0.3, -0.25) is 14.6 Å². The van der Waals surface area contributed by atoms with E-state index in [4.69, 9.17) is 4.99 Å². The highest BCUT2D eigenvalue weighted by molar-refractivity contribution is 6.09. The first-order valence-electron chi connectivity index (χ1n) is 12.7. The normalized spacial score (nSPS) is 17.2. The molecule has 2 unspecified atom stereocenters. The maximum Gasteiger partial charge on any atom is 0.228 e. The first-order valence-corrected chi connectivity index (χ1v) is 12.7. The Labute approximate surface area is 216 Å². The molecule has 0 radical (unpaired) electrons. The molecule has 9 heteroatoms. The molecule has 0 saturated heterocycles. The van der Waals surface area contributed by atoms with Gasteiger partial charge in [0.2, 0.25) is 12.3 Å². The van der Waals surface area contributed by atoms with Crippen molar-refractivity contribution in [3.05, 3.63) is 53.8 Å². The summed E-state index contributed by atoms with van der Waals surface area (Å²) in [4.78, 5) is 33.6. The summed E-state index contributed by atoms with van der Waals surface area (Å²) in [6.45, 7) is 7.29. The van der Waals surface area contributed by atoms with Crippen LogP contribution in [0.1, 0.15) is 25.8 Å². The van der Waals surface area contributed by atoms with Crippen LogP contribution in [0.15, 0.2) is 47.5 Å². The lowest BCUT2D eigenvalue weighted by Crippen LogP contribution is -2.41. The Balaban J connectivity index is 1.51. The van der Waals surface area contributed by atoms with Crippen LogP contribution in [0.4, 0.5) is 4.39 Å². The fourth-order valence-electron chi connectivity index (χ4n) is 5.05. The van der Waals surface area contributed by atoms with Gasteiger partial charge in [0.25, 0.3) is 0 Å². The number of H-pyrrole nitrogens is 1. The van der Waals surface area contributed by atoms with Gasteiger partial charge in [0, 0.05) is 60.8 Å². The molecular weight excluding hydrogens is 473 g/mol. The van der Waals surface area contributed by atoms with Gasteiger partial charge in [0.15, 0.2) is 5.88 Å². The maximum atomic E-state index is 14.0. The van der Waals surface area contributed by atoms with E-state index in [0.717, 1.165) is 28.7 Å². The fraction of sp³-hybridized carbons (Fsp3) is 0.393. The SMILES string of the molecule is CCN(CCNC=O)CCNC(=O)C1CC(C)N=C1Cc1c(O)[nH]c2cccc(-c3cccc(F)c3)c12. The average Bonchev–Trinajstić information content (AvgIpc) is 3.41. The first kappa shape index (κ1) is 26.3. The van der Waals surface area contributed by atoms with Crippen molar-refractivity contribution in [1.29, 1.82) is 0 Å². The molecule has 0 bridgehead atoms. The molecule has 4 rings (SSSR count). The summed E-state index contributed by atoms with van der Waals surface area (Å²) in [7, 11) is 0. The van der Waals surface area contributed by atoms with Crippen LogP contribution in [-0.4, -0.2) is 71.8 Å². The second-order valence-corrected chi connectivity index (χ2v) is 9.42. The van der Waals surface area contributed by atoms with Crippen molar-refractivity contribution < 1.29 is 19.1 Å². The quantitative estimate of drug-likeness (QED) is 0.223. The Morgan fingerprint density at radius 1 is 1.24 bits per heavy atom. The lowest BCUT2D eigenvalue weighted by molar-refractivity contribution is -0.123. The molecular formula is C28H34FN5O3. The largest absolute Gasteiger partial charge is 0.494 e. The van der Waals surface area contributed by atoms with E-state index in [1.807, 2.05) is 38.1 Å². The lowest BCUT2D eigenvalue weighted by Gasteiger charge is -2.21. The number of aliphatic imine (C=N–C) groups is 1. The van der Waals surface area contributed by atoms with Crippen LogP contribution < -0.4 is 10.6 Å². The predicted octanol–water partition coefficient (Wildman–Crippen LogP) is 3.26. The Morgan fingerprint density at radius 2 is 2.03 bits per heavy atom. The standard InChI is InChI=1S/C28H34FN5O3/c1-3-34(12-10-30-17-35)13-11-31-27(36)22-14-18(2)32-25(22)16-23-26-21(19-6-4-7-20(29)15-19)8-5-9-24(26)33-28(23)37/h4-9,15,17-18,22,33,37H,3,10-14,16H2,1-2H3,(H,30,35)(H,31,36). The van der Waals surface area contributed by atoms with E-state index in [1.54, 1.807) is 6.07 Å². The van der Waals surface area contributed by atoms with Crippen molar-refractivity contribution >= 4 is 28.9 Å². The van der Waals surface area contributed by atoms with Gasteiger partial charge < -0.3 is 25.6 Å². The number of aromatic amines is 1. The zero-order valence-corrected chi connectivity index (χ0v) is 21.3. The first-order chi connectivity index (χ1) is 17.9. The molecule has 2 amide bonds. The van der Waals surface area contributed by atoms with Gasteiger partial charge in [-0.25, -0.2) is 4.39 Å². The van der Waals surface area contributed by atoms with Crippen molar-refractivity contribution in [2.45, 2.75) is 32.7 Å². The third kappa shape index (κ3) is 6.17. The summed E-state index contributed by atoms with van der Waals surface area (Å²) in [6.07, 6.45) is 1.62. The van der Waals surface area contributed by atoms with Crippen LogP contribution in [0.3, 0.4) is 0 Å². The third-order valence-corrected chi connectivity index (χ3v) is 6.91. The fourth-order valence-corrected chi connectivity index (χ4v) is 5.05. The van der Waals surface area contributed by atoms with Crippen LogP contribution in [0.2, 0.25) is 0 Å². The van der Waals surface area contributed by atoms with Crippen molar-refractivity contribution in [3.63, 3.8) is 0 Å². The number of fused-ring (bicyclic) bond motifs is 1. The predicted molar refractivity (Wildman–Crippen MR) is 143 cm³/mol. The summed E-state index contributed by atoms with van der Waals surface area (Å²) < 4.78 is 14.0. The number of benzene rings is 2. The number of hydrogen-bond acceptors (Lipinski definition) is 5. The zero-order valence-electron chi connectivity index (χ0n) is 21.3. The van der Waals surface area contributed by atoms with Gasteiger partial charge in [-0.05, 0) is 49.2 Å². The Bertz CT molecular complexity index is 1290. The van der Waals surface area contributed by atoms with Gasteiger partial charge in [0.1, 0.15) is 5.82 Å². The van der Waals surface area contributed by atoms with Gasteiger partial charge in [-0.15, -0.1) is 0 Å². The topological polar surface area (TPSA) is 110 Å². The minimum absolute atomic E-state index is 0.00217. The van der Waals surface area contributed by atoms with Gasteiger partial charge in [-0.2, -0.15) is 0 Å². The molecule has 2 heterocycles. The maximum absolute atomic E-state index is 14.0. The number of rotatable bonds is 12. The van der Waals surface area contributed by atoms with Crippen LogP contribution in [0.25, 0.3) is 22.0 Å². The van der Waals surface area contributed by atoms with E-state index in [1.165, 1.54) is 12.1 Å². The highest BCUT2D eigenvalue weighted by atomic mass is 19.1. The highest BCUT2D eigenvalue weighted by Crippen LogP contribution is 2.37. The van der Waals surface area contributed by atoms with Gasteiger partial charge >= 0.3 is 0 Å². The molecule has 4 N–H and O–H groups in total. The number of amides is 2. The molecule has 0 fully saturated rings. The van der Waals surface area contributed by atoms with Crippen molar-refractivity contribution in [2.24, 2.45) is 10.9 Å². The van der Waals surface area contributed by atoms with E-state index >= 15 is 0 Å².